The van der Waals surface area contributed by atoms with Gasteiger partial charge in [0.15, 0.2) is 0 Å². The van der Waals surface area contributed by atoms with Crippen LogP contribution in [0.2, 0.25) is 0 Å². The van der Waals surface area contributed by atoms with Crippen molar-refractivity contribution in [2.45, 2.75) is 26.9 Å². The Kier molecular flexibility index (Phi) is 5.72. The first-order chi connectivity index (χ1) is 13.0. The van der Waals surface area contributed by atoms with Crippen LogP contribution in [0.4, 0.5) is 0 Å². The molecule has 2 N–H and O–H groups in total. The number of amides is 1. The van der Waals surface area contributed by atoms with Crippen molar-refractivity contribution in [1.29, 1.82) is 0 Å². The molecule has 0 saturated carbocycles. The predicted octanol–water partition coefficient (Wildman–Crippen LogP) is 3.72. The van der Waals surface area contributed by atoms with Crippen LogP contribution in [-0.2, 0) is 0 Å². The third-order valence-corrected chi connectivity index (χ3v) is 4.24. The van der Waals surface area contributed by atoms with Crippen molar-refractivity contribution in [3.8, 4) is 17.0 Å². The Morgan fingerprint density at radius 3 is 2.59 bits per heavy atom. The molecule has 0 fully saturated rings. The van der Waals surface area contributed by atoms with Crippen LogP contribution in [0.5, 0.6) is 5.75 Å². The average Bonchev–Trinajstić information content (AvgIpc) is 2.66. The Morgan fingerprint density at radius 2 is 1.93 bits per heavy atom. The fourth-order valence-corrected chi connectivity index (χ4v) is 2.83. The quantitative estimate of drug-likeness (QED) is 0.699. The zero-order chi connectivity index (χ0) is 19.4. The molecule has 1 amide bonds. The minimum absolute atomic E-state index is 0.208. The zero-order valence-corrected chi connectivity index (χ0v) is 15.8. The molecular formula is C22H24N2O3. The Hall–Kier alpha value is -2.92. The van der Waals surface area contributed by atoms with E-state index in [2.05, 4.69) is 17.4 Å². The lowest BCUT2D eigenvalue weighted by Gasteiger charge is -2.12. The molecule has 1 heterocycles. The second kappa shape index (κ2) is 8.18. The summed E-state index contributed by atoms with van der Waals surface area (Å²) >= 11 is 0. The lowest BCUT2D eigenvalue weighted by atomic mass is 10.1. The van der Waals surface area contributed by atoms with Gasteiger partial charge < -0.3 is 15.2 Å². The van der Waals surface area contributed by atoms with Gasteiger partial charge in [-0.1, -0.05) is 29.8 Å². The van der Waals surface area contributed by atoms with Crippen LogP contribution in [0.3, 0.4) is 0 Å². The van der Waals surface area contributed by atoms with E-state index in [1.165, 1.54) is 5.56 Å². The summed E-state index contributed by atoms with van der Waals surface area (Å²) in [5, 5.41) is 12.8. The molecule has 2 aromatic carbocycles. The van der Waals surface area contributed by atoms with Crippen molar-refractivity contribution >= 4 is 16.8 Å². The number of pyridine rings is 1. The second-order valence-corrected chi connectivity index (χ2v) is 6.60. The molecule has 0 spiro atoms. The topological polar surface area (TPSA) is 71.5 Å². The van der Waals surface area contributed by atoms with E-state index in [0.717, 1.165) is 22.2 Å². The Balaban J connectivity index is 2.03. The van der Waals surface area contributed by atoms with Crippen molar-refractivity contribution in [2.24, 2.45) is 0 Å². The van der Waals surface area contributed by atoms with E-state index in [1.807, 2.05) is 38.1 Å². The van der Waals surface area contributed by atoms with Crippen LogP contribution in [-0.4, -0.2) is 35.3 Å². The molecule has 5 heteroatoms. The number of fused-ring (bicyclic) bond motifs is 1. The van der Waals surface area contributed by atoms with Crippen LogP contribution < -0.4 is 10.1 Å². The number of aliphatic hydroxyl groups excluding tert-OH is 1. The van der Waals surface area contributed by atoms with E-state index in [0.29, 0.717) is 17.9 Å². The molecule has 0 bridgehead atoms. The number of benzene rings is 2. The summed E-state index contributed by atoms with van der Waals surface area (Å²) in [7, 11) is 0. The summed E-state index contributed by atoms with van der Waals surface area (Å²) in [6, 6.07) is 15.4. The predicted molar refractivity (Wildman–Crippen MR) is 107 cm³/mol. The SMILES string of the molecule is CCOc1cc(-c2ccc(C)cc2)nc2ccc(C(=O)NCC(C)O)cc12. The van der Waals surface area contributed by atoms with Crippen LogP contribution >= 0.6 is 0 Å². The lowest BCUT2D eigenvalue weighted by molar-refractivity contribution is 0.0924. The van der Waals surface area contributed by atoms with Crippen molar-refractivity contribution < 1.29 is 14.6 Å². The number of nitrogens with one attached hydrogen (secondary N) is 1. The molecule has 1 aromatic heterocycles. The van der Waals surface area contributed by atoms with Crippen molar-refractivity contribution in [3.05, 3.63) is 59.7 Å². The number of carbonyl (C=O) groups excluding carboxylic acids is 1. The average molecular weight is 364 g/mol. The molecule has 0 aliphatic rings. The van der Waals surface area contributed by atoms with E-state index < -0.39 is 6.10 Å². The second-order valence-electron chi connectivity index (χ2n) is 6.60. The van der Waals surface area contributed by atoms with Gasteiger partial charge in [-0.2, -0.15) is 0 Å². The molecule has 0 aliphatic heterocycles. The standard InChI is InChI=1S/C22H24N2O3/c1-4-27-21-12-20(16-7-5-14(2)6-8-16)24-19-10-9-17(11-18(19)21)22(26)23-13-15(3)25/h5-12,15,25H,4,13H2,1-3H3,(H,23,26). The highest BCUT2D eigenvalue weighted by Gasteiger charge is 2.13. The first kappa shape index (κ1) is 18.9. The fourth-order valence-electron chi connectivity index (χ4n) is 2.83. The lowest BCUT2D eigenvalue weighted by Crippen LogP contribution is -2.30. The molecule has 3 aromatic rings. The summed E-state index contributed by atoms with van der Waals surface area (Å²) < 4.78 is 5.83. The summed E-state index contributed by atoms with van der Waals surface area (Å²) in [4.78, 5) is 17.0. The van der Waals surface area contributed by atoms with E-state index in [-0.39, 0.29) is 12.5 Å². The molecule has 0 aliphatic carbocycles. The molecule has 0 saturated heterocycles. The van der Waals surface area contributed by atoms with Gasteiger partial charge >= 0.3 is 0 Å². The smallest absolute Gasteiger partial charge is 0.251 e. The Bertz CT molecular complexity index is 950. The first-order valence-electron chi connectivity index (χ1n) is 9.09. The van der Waals surface area contributed by atoms with E-state index in [9.17, 15) is 9.90 Å². The van der Waals surface area contributed by atoms with Gasteiger partial charge in [0.2, 0.25) is 0 Å². The number of nitrogens with zero attached hydrogens (tertiary/aromatic N) is 1. The molecular weight excluding hydrogens is 340 g/mol. The minimum Gasteiger partial charge on any atom is -0.493 e. The highest BCUT2D eigenvalue weighted by Crippen LogP contribution is 2.31. The molecule has 0 radical (unpaired) electrons. The third-order valence-electron chi connectivity index (χ3n) is 4.24. The summed E-state index contributed by atoms with van der Waals surface area (Å²) in [6.07, 6.45) is -0.591. The van der Waals surface area contributed by atoms with Gasteiger partial charge in [-0.3, -0.25) is 4.79 Å². The fraction of sp³-hybridized carbons (Fsp3) is 0.273. The largest absolute Gasteiger partial charge is 0.493 e. The van der Waals surface area contributed by atoms with Crippen LogP contribution in [0.15, 0.2) is 48.5 Å². The number of rotatable bonds is 6. The van der Waals surface area contributed by atoms with E-state index in [1.54, 1.807) is 19.1 Å². The Labute approximate surface area is 159 Å². The molecule has 1 unspecified atom stereocenters. The highest BCUT2D eigenvalue weighted by molar-refractivity contribution is 5.99. The van der Waals surface area contributed by atoms with Crippen LogP contribution in [0.1, 0.15) is 29.8 Å². The first-order valence-corrected chi connectivity index (χ1v) is 9.09. The number of aliphatic hydroxyl groups is 1. The normalized spacial score (nSPS) is 12.0. The third kappa shape index (κ3) is 4.44. The van der Waals surface area contributed by atoms with Gasteiger partial charge in [0, 0.05) is 29.1 Å². The van der Waals surface area contributed by atoms with Crippen LogP contribution in [0, 0.1) is 6.92 Å². The summed E-state index contributed by atoms with van der Waals surface area (Å²) in [5.41, 5.74) is 4.31. The number of aryl methyl sites for hydroxylation is 1. The number of hydrogen-bond donors (Lipinski definition) is 2. The Morgan fingerprint density at radius 1 is 1.19 bits per heavy atom. The van der Waals surface area contributed by atoms with E-state index in [4.69, 9.17) is 9.72 Å². The van der Waals surface area contributed by atoms with E-state index >= 15 is 0 Å². The van der Waals surface area contributed by atoms with Gasteiger partial charge in [0.25, 0.3) is 5.91 Å². The molecule has 3 rings (SSSR count). The molecule has 140 valence electrons. The molecule has 5 nitrogen and oxygen atoms in total. The van der Waals surface area contributed by atoms with Crippen molar-refractivity contribution in [3.63, 3.8) is 0 Å². The van der Waals surface area contributed by atoms with Gasteiger partial charge in [0.1, 0.15) is 5.75 Å². The zero-order valence-electron chi connectivity index (χ0n) is 15.8. The van der Waals surface area contributed by atoms with Gasteiger partial charge in [-0.25, -0.2) is 4.98 Å². The maximum Gasteiger partial charge on any atom is 0.251 e. The van der Waals surface area contributed by atoms with Gasteiger partial charge in [0.05, 0.1) is 23.9 Å². The number of ether oxygens (including phenoxy) is 1. The molecule has 1 atom stereocenters. The number of carbonyl (C=O) groups is 1. The molecule has 27 heavy (non-hydrogen) atoms. The van der Waals surface area contributed by atoms with Gasteiger partial charge in [-0.05, 0) is 39.0 Å². The monoisotopic (exact) mass is 364 g/mol. The van der Waals surface area contributed by atoms with Gasteiger partial charge in [-0.15, -0.1) is 0 Å². The summed E-state index contributed by atoms with van der Waals surface area (Å²) in [5.74, 6) is 0.464. The minimum atomic E-state index is -0.591. The van der Waals surface area contributed by atoms with Crippen molar-refractivity contribution in [2.75, 3.05) is 13.2 Å². The number of aromatic nitrogens is 1. The van der Waals surface area contributed by atoms with Crippen molar-refractivity contribution in [1.82, 2.24) is 10.3 Å². The highest BCUT2D eigenvalue weighted by atomic mass is 16.5. The van der Waals surface area contributed by atoms with Crippen LogP contribution in [0.25, 0.3) is 22.2 Å². The number of hydrogen-bond acceptors (Lipinski definition) is 4. The maximum absolute atomic E-state index is 12.3. The summed E-state index contributed by atoms with van der Waals surface area (Å²) in [6.45, 7) is 6.33. The maximum atomic E-state index is 12.3.